The molecule has 4 nitrogen and oxygen atoms in total. The fourth-order valence-electron chi connectivity index (χ4n) is 2.17. The molecule has 1 heterocycles. The second-order valence-corrected chi connectivity index (χ2v) is 7.71. The van der Waals surface area contributed by atoms with Crippen LogP contribution >= 0.6 is 27.5 Å². The molecule has 0 amide bonds. The van der Waals surface area contributed by atoms with E-state index in [9.17, 15) is 8.42 Å². The van der Waals surface area contributed by atoms with Gasteiger partial charge in [0.2, 0.25) is 10.0 Å². The highest BCUT2D eigenvalue weighted by Crippen LogP contribution is 2.32. The molecule has 1 N–H and O–H groups in total. The number of nitrogens with one attached hydrogen (secondary N) is 1. The van der Waals surface area contributed by atoms with Crippen molar-refractivity contribution in [2.45, 2.75) is 30.8 Å². The van der Waals surface area contributed by atoms with Crippen molar-refractivity contribution in [2.24, 2.45) is 0 Å². The maximum atomic E-state index is 12.7. The summed E-state index contributed by atoms with van der Waals surface area (Å²) in [5, 5.41) is 3.67. The summed E-state index contributed by atoms with van der Waals surface area (Å²) in [6.45, 7) is 5.02. The minimum Gasteiger partial charge on any atom is -0.311 e. The minimum absolute atomic E-state index is 0.0929. The topological polar surface area (TPSA) is 49.4 Å². The normalized spacial score (nSPS) is 25.5. The third-order valence-corrected chi connectivity index (χ3v) is 7.17. The monoisotopic (exact) mass is 366 g/mol. The fourth-order valence-corrected chi connectivity index (χ4v) is 5.07. The van der Waals surface area contributed by atoms with Gasteiger partial charge in [-0.2, -0.15) is 4.31 Å². The van der Waals surface area contributed by atoms with Crippen molar-refractivity contribution in [3.8, 4) is 0 Å². The van der Waals surface area contributed by atoms with Crippen molar-refractivity contribution in [3.63, 3.8) is 0 Å². The van der Waals surface area contributed by atoms with Crippen LogP contribution in [0.2, 0.25) is 5.02 Å². The molecular formula is C12H16BrClN2O2S. The molecule has 1 aliphatic rings. The van der Waals surface area contributed by atoms with Gasteiger partial charge < -0.3 is 5.32 Å². The number of benzene rings is 1. The Morgan fingerprint density at radius 3 is 2.79 bits per heavy atom. The van der Waals surface area contributed by atoms with E-state index in [0.29, 0.717) is 22.6 Å². The van der Waals surface area contributed by atoms with Gasteiger partial charge in [0.1, 0.15) is 0 Å². The highest BCUT2D eigenvalue weighted by atomic mass is 79.9. The van der Waals surface area contributed by atoms with E-state index in [1.54, 1.807) is 18.2 Å². The van der Waals surface area contributed by atoms with Crippen molar-refractivity contribution in [3.05, 3.63) is 27.7 Å². The van der Waals surface area contributed by atoms with Gasteiger partial charge in [-0.25, -0.2) is 8.42 Å². The molecule has 1 fully saturated rings. The zero-order chi connectivity index (χ0) is 14.2. The van der Waals surface area contributed by atoms with Crippen molar-refractivity contribution < 1.29 is 8.42 Å². The molecule has 1 aromatic rings. The lowest BCUT2D eigenvalue weighted by molar-refractivity contribution is 0.233. The third-order valence-electron chi connectivity index (χ3n) is 3.48. The molecule has 2 unspecified atom stereocenters. The summed E-state index contributed by atoms with van der Waals surface area (Å²) in [5.74, 6) is 0. The average molecular weight is 368 g/mol. The van der Waals surface area contributed by atoms with Gasteiger partial charge >= 0.3 is 0 Å². The predicted octanol–water partition coefficient (Wildman–Crippen LogP) is 2.47. The zero-order valence-corrected chi connectivity index (χ0v) is 13.9. The van der Waals surface area contributed by atoms with Gasteiger partial charge in [0.05, 0.1) is 14.4 Å². The molecule has 2 rings (SSSR count). The molecule has 106 valence electrons. The quantitative estimate of drug-likeness (QED) is 0.873. The van der Waals surface area contributed by atoms with Crippen LogP contribution in [0.3, 0.4) is 0 Å². The van der Waals surface area contributed by atoms with Crippen LogP contribution in [0.4, 0.5) is 0 Å². The molecule has 2 atom stereocenters. The van der Waals surface area contributed by atoms with Crippen molar-refractivity contribution >= 4 is 37.6 Å². The van der Waals surface area contributed by atoms with Crippen LogP contribution in [0, 0.1) is 0 Å². The highest BCUT2D eigenvalue weighted by molar-refractivity contribution is 9.10. The van der Waals surface area contributed by atoms with E-state index in [0.717, 1.165) is 0 Å². The van der Waals surface area contributed by atoms with Crippen molar-refractivity contribution in [2.75, 3.05) is 13.1 Å². The van der Waals surface area contributed by atoms with E-state index in [2.05, 4.69) is 21.2 Å². The lowest BCUT2D eigenvalue weighted by Gasteiger charge is -2.37. The van der Waals surface area contributed by atoms with E-state index in [1.807, 2.05) is 13.8 Å². The van der Waals surface area contributed by atoms with Crippen LogP contribution in [-0.2, 0) is 10.0 Å². The van der Waals surface area contributed by atoms with Gasteiger partial charge in [-0.3, -0.25) is 0 Å². The summed E-state index contributed by atoms with van der Waals surface area (Å²) in [5.41, 5.74) is 0. The van der Waals surface area contributed by atoms with Gasteiger partial charge in [0.15, 0.2) is 0 Å². The number of hydrogen-bond donors (Lipinski definition) is 1. The number of sulfonamides is 1. The fraction of sp³-hybridized carbons (Fsp3) is 0.500. The van der Waals surface area contributed by atoms with Crippen LogP contribution in [-0.4, -0.2) is 37.9 Å². The summed E-state index contributed by atoms with van der Waals surface area (Å²) in [6.07, 6.45) is 0. The van der Waals surface area contributed by atoms with E-state index in [-0.39, 0.29) is 17.0 Å². The lowest BCUT2D eigenvalue weighted by atomic mass is 10.1. The summed E-state index contributed by atoms with van der Waals surface area (Å²) < 4.78 is 27.4. The Balaban J connectivity index is 2.45. The molecular weight excluding hydrogens is 352 g/mol. The highest BCUT2D eigenvalue weighted by Gasteiger charge is 2.35. The van der Waals surface area contributed by atoms with E-state index >= 15 is 0 Å². The first-order valence-electron chi connectivity index (χ1n) is 6.05. The molecule has 0 bridgehead atoms. The van der Waals surface area contributed by atoms with Gasteiger partial charge in [-0.1, -0.05) is 17.7 Å². The number of rotatable bonds is 2. The summed E-state index contributed by atoms with van der Waals surface area (Å²) in [7, 11) is -3.54. The second kappa shape index (κ2) is 5.69. The molecule has 1 aromatic carbocycles. The summed E-state index contributed by atoms with van der Waals surface area (Å²) >= 11 is 9.25. The first kappa shape index (κ1) is 15.3. The molecule has 1 aliphatic heterocycles. The molecule has 0 aliphatic carbocycles. The Labute approximate surface area is 127 Å². The Bertz CT molecular complexity index is 579. The first-order valence-corrected chi connectivity index (χ1v) is 8.66. The van der Waals surface area contributed by atoms with Crippen molar-refractivity contribution in [1.82, 2.24) is 9.62 Å². The maximum Gasteiger partial charge on any atom is 0.244 e. The largest absolute Gasteiger partial charge is 0.311 e. The van der Waals surface area contributed by atoms with Crippen LogP contribution in [0.15, 0.2) is 27.6 Å². The molecule has 19 heavy (non-hydrogen) atoms. The summed E-state index contributed by atoms with van der Waals surface area (Å²) in [4.78, 5) is 0.223. The standard InChI is InChI=1S/C12H16BrClN2O2S/c1-8-9(2)16(7-6-15-8)19(17,18)11-5-3-4-10(14)12(11)13/h3-5,8-9,15H,6-7H2,1-2H3. The van der Waals surface area contributed by atoms with Gasteiger partial charge in [-0.05, 0) is 41.9 Å². The molecule has 0 saturated carbocycles. The molecule has 0 spiro atoms. The Morgan fingerprint density at radius 2 is 2.11 bits per heavy atom. The third kappa shape index (κ3) is 2.83. The Kier molecular flexibility index (Phi) is 4.57. The smallest absolute Gasteiger partial charge is 0.244 e. The maximum absolute atomic E-state index is 12.7. The lowest BCUT2D eigenvalue weighted by Crippen LogP contribution is -2.57. The van der Waals surface area contributed by atoms with Crippen LogP contribution < -0.4 is 5.32 Å². The van der Waals surface area contributed by atoms with Gasteiger partial charge in [0, 0.05) is 25.2 Å². The number of hydrogen-bond acceptors (Lipinski definition) is 3. The van der Waals surface area contributed by atoms with Gasteiger partial charge in [0.25, 0.3) is 0 Å². The predicted molar refractivity (Wildman–Crippen MR) is 80.0 cm³/mol. The average Bonchev–Trinajstić information content (AvgIpc) is 2.35. The first-order chi connectivity index (χ1) is 8.85. The minimum atomic E-state index is -3.54. The molecule has 0 radical (unpaired) electrons. The number of piperazine rings is 1. The SMILES string of the molecule is CC1NCCN(S(=O)(=O)c2cccc(Cl)c2Br)C1C. The number of nitrogens with zero attached hydrogens (tertiary/aromatic N) is 1. The van der Waals surface area contributed by atoms with E-state index < -0.39 is 10.0 Å². The van der Waals surface area contributed by atoms with Crippen LogP contribution in [0.25, 0.3) is 0 Å². The second-order valence-electron chi connectivity index (χ2n) is 4.65. The Hall–Kier alpha value is -0.140. The number of halogens is 2. The summed E-state index contributed by atoms with van der Waals surface area (Å²) in [6, 6.07) is 4.92. The van der Waals surface area contributed by atoms with E-state index in [4.69, 9.17) is 11.6 Å². The molecule has 7 heteroatoms. The van der Waals surface area contributed by atoms with E-state index in [1.165, 1.54) is 4.31 Å². The molecule has 1 saturated heterocycles. The van der Waals surface area contributed by atoms with Crippen LogP contribution in [0.1, 0.15) is 13.8 Å². The van der Waals surface area contributed by atoms with Crippen LogP contribution in [0.5, 0.6) is 0 Å². The molecule has 0 aromatic heterocycles. The Morgan fingerprint density at radius 1 is 1.42 bits per heavy atom. The van der Waals surface area contributed by atoms with Gasteiger partial charge in [-0.15, -0.1) is 0 Å². The zero-order valence-electron chi connectivity index (χ0n) is 10.7. The van der Waals surface area contributed by atoms with Crippen molar-refractivity contribution in [1.29, 1.82) is 0 Å².